The lowest BCUT2D eigenvalue weighted by Crippen LogP contribution is -2.59. The van der Waals surface area contributed by atoms with Crippen molar-refractivity contribution in [1.82, 2.24) is 4.90 Å². The molecular formula is C18H28BrNO2. The fourth-order valence-corrected chi connectivity index (χ4v) is 5.24. The standard InChI is InChI=1S/C18H25NO.BrH.H2O/c1-19-10-9-18-8-4-3-5-15(18)17(19)11-13-6-7-14(20-2)12-16(13)18;;/h6-7,12,15,17H,3-5,8-11H2,1-2H3;1H;1H2/t15-,17+,18+;;/m1../s1/i2D3;;. The summed E-state index contributed by atoms with van der Waals surface area (Å²) in [5.74, 6) is 1.21. The van der Waals surface area contributed by atoms with Crippen molar-refractivity contribution in [2.75, 3.05) is 20.6 Å². The number of likely N-dealkylation sites (N-methyl/N-ethyl adjacent to an activating group) is 1. The molecule has 22 heavy (non-hydrogen) atoms. The molecule has 3 aliphatic rings. The van der Waals surface area contributed by atoms with Gasteiger partial charge in [0.05, 0.1) is 11.2 Å². The summed E-state index contributed by atoms with van der Waals surface area (Å²) >= 11 is 0. The number of likely N-dealkylation sites (tertiary alicyclic amines) is 1. The molecular weight excluding hydrogens is 342 g/mol. The van der Waals surface area contributed by atoms with E-state index in [1.807, 2.05) is 12.1 Å². The van der Waals surface area contributed by atoms with Gasteiger partial charge in [-0.2, -0.15) is 0 Å². The van der Waals surface area contributed by atoms with E-state index in [0.717, 1.165) is 13.0 Å². The summed E-state index contributed by atoms with van der Waals surface area (Å²) in [6, 6.07) is 6.63. The minimum atomic E-state index is -2.37. The molecule has 1 saturated heterocycles. The van der Waals surface area contributed by atoms with E-state index in [9.17, 15) is 0 Å². The second-order valence-corrected chi connectivity index (χ2v) is 6.93. The second kappa shape index (κ2) is 6.50. The first-order chi connectivity index (χ1) is 10.9. The number of nitrogens with zero attached hydrogens (tertiary/aromatic N) is 1. The Kier molecular flexibility index (Phi) is 4.08. The van der Waals surface area contributed by atoms with Gasteiger partial charge in [0.2, 0.25) is 0 Å². The molecule has 1 aromatic rings. The van der Waals surface area contributed by atoms with Gasteiger partial charge in [-0.05, 0) is 68.5 Å². The Morgan fingerprint density at radius 2 is 2.18 bits per heavy atom. The summed E-state index contributed by atoms with van der Waals surface area (Å²) in [4.78, 5) is 2.55. The Morgan fingerprint density at radius 1 is 1.32 bits per heavy atom. The zero-order valence-electron chi connectivity index (χ0n) is 16.1. The summed E-state index contributed by atoms with van der Waals surface area (Å²) in [7, 11) is -0.109. The highest BCUT2D eigenvalue weighted by Crippen LogP contribution is 2.55. The lowest BCUT2D eigenvalue weighted by atomic mass is 9.52. The fraction of sp³-hybridized carbons (Fsp3) is 0.667. The first-order valence-electron chi connectivity index (χ1n) is 9.42. The van der Waals surface area contributed by atoms with Gasteiger partial charge in [-0.25, -0.2) is 0 Å². The predicted molar refractivity (Wildman–Crippen MR) is 95.3 cm³/mol. The number of methoxy groups -OCH3 is 1. The van der Waals surface area contributed by atoms with E-state index in [-0.39, 0.29) is 27.9 Å². The van der Waals surface area contributed by atoms with Crippen LogP contribution in [0.2, 0.25) is 0 Å². The van der Waals surface area contributed by atoms with Crippen molar-refractivity contribution in [1.29, 1.82) is 0 Å². The molecule has 4 heteroatoms. The maximum Gasteiger partial charge on any atom is 0.119 e. The predicted octanol–water partition coefficient (Wildman–Crippen LogP) is 3.14. The summed E-state index contributed by atoms with van der Waals surface area (Å²) in [6.07, 6.45) is 7.44. The number of hydrogen-bond acceptors (Lipinski definition) is 2. The number of fused-ring (bicyclic) bond motifs is 1. The van der Waals surface area contributed by atoms with Crippen molar-refractivity contribution < 1.29 is 14.3 Å². The number of benzene rings is 1. The highest BCUT2D eigenvalue weighted by Gasteiger charge is 2.53. The first-order valence-corrected chi connectivity index (χ1v) is 7.92. The van der Waals surface area contributed by atoms with Crippen LogP contribution in [0, 0.1) is 5.92 Å². The molecule has 4 rings (SSSR count). The van der Waals surface area contributed by atoms with Gasteiger partial charge >= 0.3 is 0 Å². The average molecular weight is 373 g/mol. The van der Waals surface area contributed by atoms with Crippen molar-refractivity contribution in [2.24, 2.45) is 5.92 Å². The highest BCUT2D eigenvalue weighted by molar-refractivity contribution is 8.93. The van der Waals surface area contributed by atoms with E-state index in [1.54, 1.807) is 0 Å². The Hall–Kier alpha value is -0.580. The van der Waals surface area contributed by atoms with Crippen LogP contribution in [0.5, 0.6) is 5.75 Å². The van der Waals surface area contributed by atoms with Crippen molar-refractivity contribution >= 4 is 17.0 Å². The molecule has 124 valence electrons. The molecule has 1 aromatic carbocycles. The third kappa shape index (κ3) is 2.40. The molecule has 3 atom stereocenters. The molecule has 0 radical (unpaired) electrons. The van der Waals surface area contributed by atoms with Crippen LogP contribution in [0.3, 0.4) is 0 Å². The van der Waals surface area contributed by atoms with Gasteiger partial charge in [0.25, 0.3) is 0 Å². The Balaban J connectivity index is 0.00000113. The second-order valence-electron chi connectivity index (χ2n) is 6.93. The zero-order valence-corrected chi connectivity index (χ0v) is 14.8. The zero-order chi connectivity index (χ0) is 16.2. The lowest BCUT2D eigenvalue weighted by molar-refractivity contribution is 0.00274. The van der Waals surface area contributed by atoms with Crippen LogP contribution in [0.1, 0.15) is 47.3 Å². The van der Waals surface area contributed by atoms with Gasteiger partial charge in [0.15, 0.2) is 0 Å². The molecule has 0 amide bonds. The third-order valence-corrected chi connectivity index (χ3v) is 6.20. The van der Waals surface area contributed by atoms with Gasteiger partial charge < -0.3 is 15.1 Å². The van der Waals surface area contributed by atoms with Gasteiger partial charge in [0.1, 0.15) is 5.75 Å². The van der Waals surface area contributed by atoms with Crippen LogP contribution >= 0.6 is 17.0 Å². The minimum absolute atomic E-state index is 0. The minimum Gasteiger partial charge on any atom is -0.497 e. The molecule has 1 saturated carbocycles. The summed E-state index contributed by atoms with van der Waals surface area (Å²) in [5, 5.41) is 0. The number of halogens is 1. The van der Waals surface area contributed by atoms with Crippen molar-refractivity contribution in [3.05, 3.63) is 29.3 Å². The monoisotopic (exact) mass is 372 g/mol. The van der Waals surface area contributed by atoms with Crippen LogP contribution < -0.4 is 4.74 Å². The molecule has 1 heterocycles. The maximum absolute atomic E-state index is 7.36. The van der Waals surface area contributed by atoms with Crippen molar-refractivity contribution in [3.63, 3.8) is 0 Å². The van der Waals surface area contributed by atoms with Crippen LogP contribution in [0.4, 0.5) is 0 Å². The SMILES string of the molecule is Br.O.[2H]C([2H])([2H])Oc1ccc2c(c1)[C@]13CCCC[C@@H]1[C@H](C2)N(C)CC3. The van der Waals surface area contributed by atoms with E-state index in [4.69, 9.17) is 8.85 Å². The van der Waals surface area contributed by atoms with Crippen molar-refractivity contribution in [3.8, 4) is 5.75 Å². The highest BCUT2D eigenvalue weighted by atomic mass is 79.9. The molecule has 0 spiro atoms. The largest absolute Gasteiger partial charge is 0.497 e. The van der Waals surface area contributed by atoms with Gasteiger partial charge in [0, 0.05) is 11.5 Å². The molecule has 0 unspecified atom stereocenters. The maximum atomic E-state index is 7.36. The molecule has 2 aliphatic carbocycles. The molecule has 1 aliphatic heterocycles. The van der Waals surface area contributed by atoms with E-state index in [1.165, 1.54) is 43.2 Å². The number of piperidine rings is 1. The fourth-order valence-electron chi connectivity index (χ4n) is 5.24. The normalized spacial score (nSPS) is 35.4. The molecule has 0 aromatic heterocycles. The van der Waals surface area contributed by atoms with Crippen molar-refractivity contribution in [2.45, 2.75) is 50.0 Å². The summed E-state index contributed by atoms with van der Waals surface area (Å²) in [5.41, 5.74) is 3.03. The smallest absolute Gasteiger partial charge is 0.119 e. The third-order valence-electron chi connectivity index (χ3n) is 6.20. The Bertz CT molecular complexity index is 625. The molecule has 2 N–H and O–H groups in total. The van der Waals surface area contributed by atoms with Crippen LogP contribution in [-0.4, -0.2) is 37.0 Å². The summed E-state index contributed by atoms with van der Waals surface area (Å²) < 4.78 is 27.3. The molecule has 3 nitrogen and oxygen atoms in total. The number of hydrogen-bond donors (Lipinski definition) is 0. The van der Waals surface area contributed by atoms with Crippen LogP contribution in [0.25, 0.3) is 0 Å². The Morgan fingerprint density at radius 3 is 3.00 bits per heavy atom. The van der Waals surface area contributed by atoms with Gasteiger partial charge in [-0.1, -0.05) is 18.9 Å². The van der Waals surface area contributed by atoms with Crippen LogP contribution in [-0.2, 0) is 11.8 Å². The number of rotatable bonds is 1. The first kappa shape index (κ1) is 13.8. The van der Waals surface area contributed by atoms with Crippen LogP contribution in [0.15, 0.2) is 18.2 Å². The van der Waals surface area contributed by atoms with E-state index in [2.05, 4.69) is 18.0 Å². The summed E-state index contributed by atoms with van der Waals surface area (Å²) in [6.45, 7) is 1.14. The topological polar surface area (TPSA) is 44.0 Å². The lowest BCUT2D eigenvalue weighted by Gasteiger charge is -2.58. The van der Waals surface area contributed by atoms with E-state index < -0.39 is 7.04 Å². The molecule has 2 fully saturated rings. The van der Waals surface area contributed by atoms with E-state index >= 15 is 0 Å². The Labute approximate surface area is 148 Å². The average Bonchev–Trinajstić information content (AvgIpc) is 2.50. The number of ether oxygens (including phenoxy) is 1. The quantitative estimate of drug-likeness (QED) is 0.759. The van der Waals surface area contributed by atoms with Gasteiger partial charge in [-0.3, -0.25) is 0 Å². The van der Waals surface area contributed by atoms with E-state index in [0.29, 0.717) is 17.7 Å². The van der Waals surface area contributed by atoms with Gasteiger partial charge in [-0.15, -0.1) is 17.0 Å². The molecule has 2 bridgehead atoms.